The highest BCUT2D eigenvalue weighted by molar-refractivity contribution is 7.08. The molecule has 84 valence electrons. The summed E-state index contributed by atoms with van der Waals surface area (Å²) in [6, 6.07) is 8.18. The summed E-state index contributed by atoms with van der Waals surface area (Å²) in [5, 5.41) is 16.7. The zero-order chi connectivity index (χ0) is 11.4. The number of thiophene rings is 1. The summed E-state index contributed by atoms with van der Waals surface area (Å²) in [6.45, 7) is 0.303. The zero-order valence-electron chi connectivity index (χ0n) is 8.56. The van der Waals surface area contributed by atoms with Gasteiger partial charge in [-0.15, -0.1) is 0 Å². The summed E-state index contributed by atoms with van der Waals surface area (Å²) in [6.07, 6.45) is -0.832. The van der Waals surface area contributed by atoms with Crippen molar-refractivity contribution in [2.75, 3.05) is 11.9 Å². The van der Waals surface area contributed by atoms with E-state index in [1.54, 1.807) is 29.5 Å². The lowest BCUT2D eigenvalue weighted by atomic mass is 10.1. The highest BCUT2D eigenvalue weighted by Crippen LogP contribution is 2.18. The Morgan fingerprint density at radius 3 is 2.81 bits per heavy atom. The Morgan fingerprint density at radius 1 is 1.31 bits per heavy atom. The Labute approximate surface area is 97.4 Å². The summed E-state index contributed by atoms with van der Waals surface area (Å²) < 4.78 is 13.3. The maximum atomic E-state index is 13.3. The molecule has 2 nitrogen and oxygen atoms in total. The maximum absolute atomic E-state index is 13.3. The van der Waals surface area contributed by atoms with E-state index in [1.165, 1.54) is 6.07 Å². The highest BCUT2D eigenvalue weighted by atomic mass is 32.1. The van der Waals surface area contributed by atoms with Gasteiger partial charge in [-0.3, -0.25) is 0 Å². The van der Waals surface area contributed by atoms with Gasteiger partial charge in [-0.2, -0.15) is 11.3 Å². The summed E-state index contributed by atoms with van der Waals surface area (Å²) >= 11 is 1.57. The molecule has 1 heterocycles. The topological polar surface area (TPSA) is 32.3 Å². The molecule has 1 aromatic heterocycles. The third kappa shape index (κ3) is 2.59. The van der Waals surface area contributed by atoms with Gasteiger partial charge in [0.25, 0.3) is 0 Å². The first-order valence-corrected chi connectivity index (χ1v) is 5.90. The van der Waals surface area contributed by atoms with Crippen LogP contribution >= 0.6 is 11.3 Å². The molecule has 0 aliphatic heterocycles. The first kappa shape index (κ1) is 11.1. The van der Waals surface area contributed by atoms with Gasteiger partial charge in [-0.05, 0) is 17.5 Å². The molecule has 0 saturated heterocycles. The Balaban J connectivity index is 1.98. The minimum absolute atomic E-state index is 0.303. The standard InChI is InChI=1S/C12H12FNOS/c13-11-4-2-1-3-10(11)12(15)7-14-9-5-6-16-8-9/h1-6,8,12,14-15H,7H2. The van der Waals surface area contributed by atoms with Gasteiger partial charge in [-0.25, -0.2) is 4.39 Å². The van der Waals surface area contributed by atoms with Crippen LogP contribution in [0, 0.1) is 5.82 Å². The van der Waals surface area contributed by atoms with Crippen molar-refractivity contribution in [3.05, 3.63) is 52.5 Å². The largest absolute Gasteiger partial charge is 0.386 e. The predicted octanol–water partition coefficient (Wildman–Crippen LogP) is 3.03. The van der Waals surface area contributed by atoms with Crippen molar-refractivity contribution in [3.8, 4) is 0 Å². The Bertz CT molecular complexity index is 444. The number of aliphatic hydroxyl groups excluding tert-OH is 1. The monoisotopic (exact) mass is 237 g/mol. The molecular weight excluding hydrogens is 225 g/mol. The van der Waals surface area contributed by atoms with Crippen LogP contribution in [0.3, 0.4) is 0 Å². The van der Waals surface area contributed by atoms with Crippen molar-refractivity contribution < 1.29 is 9.50 Å². The van der Waals surface area contributed by atoms with Crippen LogP contribution in [-0.2, 0) is 0 Å². The number of anilines is 1. The van der Waals surface area contributed by atoms with Crippen LogP contribution in [0.25, 0.3) is 0 Å². The molecular formula is C12H12FNOS. The predicted molar refractivity (Wildman–Crippen MR) is 64.2 cm³/mol. The van der Waals surface area contributed by atoms with Gasteiger partial charge in [0, 0.05) is 23.2 Å². The SMILES string of the molecule is OC(CNc1ccsc1)c1ccccc1F. The van der Waals surface area contributed by atoms with Crippen molar-refractivity contribution in [2.45, 2.75) is 6.10 Å². The Morgan fingerprint density at radius 2 is 2.12 bits per heavy atom. The smallest absolute Gasteiger partial charge is 0.129 e. The normalized spacial score (nSPS) is 12.4. The van der Waals surface area contributed by atoms with E-state index in [0.29, 0.717) is 12.1 Å². The number of hydrogen-bond acceptors (Lipinski definition) is 3. The average molecular weight is 237 g/mol. The van der Waals surface area contributed by atoms with Gasteiger partial charge in [0.15, 0.2) is 0 Å². The fourth-order valence-electron chi connectivity index (χ4n) is 1.43. The highest BCUT2D eigenvalue weighted by Gasteiger charge is 2.11. The molecule has 0 fully saturated rings. The maximum Gasteiger partial charge on any atom is 0.129 e. The molecule has 1 aromatic carbocycles. The van der Waals surface area contributed by atoms with E-state index in [0.717, 1.165) is 5.69 Å². The number of nitrogens with one attached hydrogen (secondary N) is 1. The molecule has 0 spiro atoms. The molecule has 0 saturated carbocycles. The van der Waals surface area contributed by atoms with E-state index >= 15 is 0 Å². The summed E-state index contributed by atoms with van der Waals surface area (Å²) in [4.78, 5) is 0. The van der Waals surface area contributed by atoms with Crippen molar-refractivity contribution >= 4 is 17.0 Å². The molecule has 2 N–H and O–H groups in total. The van der Waals surface area contributed by atoms with Crippen molar-refractivity contribution in [1.29, 1.82) is 0 Å². The summed E-state index contributed by atoms with van der Waals surface area (Å²) in [5.41, 5.74) is 1.27. The molecule has 2 aromatic rings. The second kappa shape index (κ2) is 5.09. The van der Waals surface area contributed by atoms with Gasteiger partial charge in [-0.1, -0.05) is 18.2 Å². The van der Waals surface area contributed by atoms with Crippen LogP contribution in [0.4, 0.5) is 10.1 Å². The van der Waals surface area contributed by atoms with Crippen molar-refractivity contribution in [3.63, 3.8) is 0 Å². The van der Waals surface area contributed by atoms with Gasteiger partial charge in [0.1, 0.15) is 5.82 Å². The third-order valence-electron chi connectivity index (χ3n) is 2.28. The second-order valence-corrected chi connectivity index (χ2v) is 4.21. The molecule has 0 aliphatic carbocycles. The van der Waals surface area contributed by atoms with E-state index in [1.807, 2.05) is 16.8 Å². The van der Waals surface area contributed by atoms with Gasteiger partial charge >= 0.3 is 0 Å². The number of hydrogen-bond donors (Lipinski definition) is 2. The van der Waals surface area contributed by atoms with Gasteiger partial charge in [0.05, 0.1) is 6.10 Å². The number of aliphatic hydroxyl groups is 1. The Hall–Kier alpha value is -1.39. The van der Waals surface area contributed by atoms with E-state index in [-0.39, 0.29) is 5.82 Å². The second-order valence-electron chi connectivity index (χ2n) is 3.43. The van der Waals surface area contributed by atoms with Crippen molar-refractivity contribution in [2.24, 2.45) is 0 Å². The minimum Gasteiger partial charge on any atom is -0.386 e. The van der Waals surface area contributed by atoms with Crippen LogP contribution in [0.5, 0.6) is 0 Å². The summed E-state index contributed by atoms with van der Waals surface area (Å²) in [5.74, 6) is -0.373. The van der Waals surface area contributed by atoms with Crippen LogP contribution in [0.15, 0.2) is 41.1 Å². The molecule has 4 heteroatoms. The lowest BCUT2D eigenvalue weighted by Gasteiger charge is -2.12. The molecule has 0 amide bonds. The molecule has 0 aliphatic rings. The molecule has 0 radical (unpaired) electrons. The Kier molecular flexibility index (Phi) is 3.54. The summed E-state index contributed by atoms with van der Waals surface area (Å²) in [7, 11) is 0. The quantitative estimate of drug-likeness (QED) is 0.856. The average Bonchev–Trinajstić information content (AvgIpc) is 2.79. The first-order valence-electron chi connectivity index (χ1n) is 4.96. The van der Waals surface area contributed by atoms with Crippen LogP contribution in [-0.4, -0.2) is 11.7 Å². The van der Waals surface area contributed by atoms with Crippen LogP contribution < -0.4 is 5.32 Å². The molecule has 0 bridgehead atoms. The van der Waals surface area contributed by atoms with Crippen molar-refractivity contribution in [1.82, 2.24) is 0 Å². The van der Waals surface area contributed by atoms with Crippen LogP contribution in [0.2, 0.25) is 0 Å². The lowest BCUT2D eigenvalue weighted by molar-refractivity contribution is 0.186. The van der Waals surface area contributed by atoms with E-state index < -0.39 is 6.10 Å². The first-order chi connectivity index (χ1) is 7.77. The van der Waals surface area contributed by atoms with Crippen LogP contribution in [0.1, 0.15) is 11.7 Å². The molecule has 16 heavy (non-hydrogen) atoms. The third-order valence-corrected chi connectivity index (χ3v) is 2.97. The fourth-order valence-corrected chi connectivity index (χ4v) is 2.05. The number of benzene rings is 1. The zero-order valence-corrected chi connectivity index (χ0v) is 9.38. The fraction of sp³-hybridized carbons (Fsp3) is 0.167. The molecule has 1 atom stereocenters. The number of halogens is 1. The molecule has 1 unspecified atom stereocenters. The van der Waals surface area contributed by atoms with Gasteiger partial charge < -0.3 is 10.4 Å². The molecule has 2 rings (SSSR count). The van der Waals surface area contributed by atoms with E-state index in [9.17, 15) is 9.50 Å². The van der Waals surface area contributed by atoms with E-state index in [4.69, 9.17) is 0 Å². The minimum atomic E-state index is -0.832. The van der Waals surface area contributed by atoms with Gasteiger partial charge in [0.2, 0.25) is 0 Å². The lowest BCUT2D eigenvalue weighted by Crippen LogP contribution is -2.12. The number of rotatable bonds is 4. The van der Waals surface area contributed by atoms with E-state index in [2.05, 4.69) is 5.32 Å².